The topological polar surface area (TPSA) is 63.7 Å². The molecule has 1 aromatic rings. The SMILES string of the molecule is CN1C2CCC1C(OC(=O)C(CS(C)(=O)=O)c1ccccc1)C2. The predicted molar refractivity (Wildman–Crippen MR) is 88.0 cm³/mol. The number of fused-ring (bicyclic) bond motifs is 2. The number of carbonyl (C=O) groups excluding carboxylic acids is 1. The minimum absolute atomic E-state index is 0.114. The van der Waals surface area contributed by atoms with E-state index in [1.807, 2.05) is 18.2 Å². The van der Waals surface area contributed by atoms with Gasteiger partial charge in [0.2, 0.25) is 0 Å². The van der Waals surface area contributed by atoms with Crippen molar-refractivity contribution in [3.63, 3.8) is 0 Å². The third kappa shape index (κ3) is 3.58. The van der Waals surface area contributed by atoms with Crippen LogP contribution in [0.1, 0.15) is 30.7 Å². The first-order valence-electron chi connectivity index (χ1n) is 8.00. The number of likely N-dealkylation sites (N-methyl/N-ethyl adjacent to an activating group) is 1. The third-order valence-corrected chi connectivity index (χ3v) is 5.99. The number of carbonyl (C=O) groups is 1. The van der Waals surface area contributed by atoms with E-state index in [0.29, 0.717) is 11.6 Å². The number of sulfone groups is 1. The second-order valence-electron chi connectivity index (χ2n) is 6.73. The van der Waals surface area contributed by atoms with Crippen LogP contribution in [0.3, 0.4) is 0 Å². The number of rotatable bonds is 5. The van der Waals surface area contributed by atoms with Crippen molar-refractivity contribution >= 4 is 15.8 Å². The van der Waals surface area contributed by atoms with E-state index in [1.54, 1.807) is 12.1 Å². The normalized spacial score (nSPS) is 28.7. The van der Waals surface area contributed by atoms with Crippen molar-refractivity contribution in [3.05, 3.63) is 35.9 Å². The molecule has 2 aliphatic rings. The highest BCUT2D eigenvalue weighted by Gasteiger charge is 2.46. The molecular formula is C17H23NO4S. The number of hydrogen-bond acceptors (Lipinski definition) is 5. The molecule has 1 aromatic carbocycles. The Morgan fingerprint density at radius 1 is 1.30 bits per heavy atom. The smallest absolute Gasteiger partial charge is 0.314 e. The lowest BCUT2D eigenvalue weighted by Crippen LogP contribution is -2.35. The second kappa shape index (κ2) is 6.24. The van der Waals surface area contributed by atoms with Gasteiger partial charge in [0, 0.05) is 24.8 Å². The van der Waals surface area contributed by atoms with E-state index >= 15 is 0 Å². The Balaban J connectivity index is 1.76. The Hall–Kier alpha value is -1.40. The van der Waals surface area contributed by atoms with Crippen LogP contribution in [0.15, 0.2) is 30.3 Å². The number of nitrogens with zero attached hydrogens (tertiary/aromatic N) is 1. The van der Waals surface area contributed by atoms with Crippen LogP contribution >= 0.6 is 0 Å². The van der Waals surface area contributed by atoms with E-state index in [-0.39, 0.29) is 17.9 Å². The van der Waals surface area contributed by atoms with Gasteiger partial charge in [-0.05, 0) is 25.5 Å². The molecule has 2 bridgehead atoms. The maximum atomic E-state index is 12.7. The van der Waals surface area contributed by atoms with Crippen LogP contribution < -0.4 is 0 Å². The Morgan fingerprint density at radius 2 is 2.00 bits per heavy atom. The first-order valence-corrected chi connectivity index (χ1v) is 10.1. The van der Waals surface area contributed by atoms with Crippen molar-refractivity contribution < 1.29 is 17.9 Å². The summed E-state index contributed by atoms with van der Waals surface area (Å²) in [6.45, 7) is 0. The van der Waals surface area contributed by atoms with Crippen LogP contribution in [0.25, 0.3) is 0 Å². The van der Waals surface area contributed by atoms with Gasteiger partial charge in [-0.3, -0.25) is 9.69 Å². The molecule has 126 valence electrons. The molecule has 0 N–H and O–H groups in total. The molecule has 3 rings (SSSR count). The summed E-state index contributed by atoms with van der Waals surface area (Å²) in [6.07, 6.45) is 4.09. The van der Waals surface area contributed by atoms with E-state index in [2.05, 4.69) is 11.9 Å². The number of benzene rings is 1. The van der Waals surface area contributed by atoms with Gasteiger partial charge >= 0.3 is 5.97 Å². The van der Waals surface area contributed by atoms with Gasteiger partial charge in [0.15, 0.2) is 0 Å². The van der Waals surface area contributed by atoms with E-state index in [1.165, 1.54) is 0 Å². The van der Waals surface area contributed by atoms with Crippen LogP contribution in [0.4, 0.5) is 0 Å². The fraction of sp³-hybridized carbons (Fsp3) is 0.588. The molecule has 0 saturated carbocycles. The molecule has 4 atom stereocenters. The Labute approximate surface area is 137 Å². The van der Waals surface area contributed by atoms with Crippen molar-refractivity contribution in [1.82, 2.24) is 4.90 Å². The van der Waals surface area contributed by atoms with Crippen LogP contribution in [-0.2, 0) is 19.4 Å². The molecule has 2 fully saturated rings. The molecule has 0 spiro atoms. The lowest BCUT2D eigenvalue weighted by molar-refractivity contribution is -0.151. The molecule has 0 aromatic heterocycles. The Morgan fingerprint density at radius 3 is 2.52 bits per heavy atom. The fourth-order valence-electron chi connectivity index (χ4n) is 3.85. The molecule has 5 nitrogen and oxygen atoms in total. The maximum Gasteiger partial charge on any atom is 0.314 e. The first kappa shape index (κ1) is 16.5. The predicted octanol–water partition coefficient (Wildman–Crippen LogP) is 1.59. The highest BCUT2D eigenvalue weighted by molar-refractivity contribution is 7.90. The van der Waals surface area contributed by atoms with Gasteiger partial charge in [-0.15, -0.1) is 0 Å². The van der Waals surface area contributed by atoms with Crippen molar-refractivity contribution in [2.45, 2.75) is 43.4 Å². The molecule has 2 aliphatic heterocycles. The van der Waals surface area contributed by atoms with Crippen LogP contribution in [-0.4, -0.2) is 56.5 Å². The van der Waals surface area contributed by atoms with Crippen LogP contribution in [0, 0.1) is 0 Å². The highest BCUT2D eigenvalue weighted by atomic mass is 32.2. The van der Waals surface area contributed by atoms with Gasteiger partial charge in [0.25, 0.3) is 0 Å². The van der Waals surface area contributed by atoms with Gasteiger partial charge in [0.05, 0.1) is 11.7 Å². The average Bonchev–Trinajstić information content (AvgIpc) is 2.99. The van der Waals surface area contributed by atoms with Crippen molar-refractivity contribution in [1.29, 1.82) is 0 Å². The minimum atomic E-state index is -3.28. The molecule has 6 heteroatoms. The van der Waals surface area contributed by atoms with Gasteiger partial charge in [-0.25, -0.2) is 8.42 Å². The molecular weight excluding hydrogens is 314 g/mol. The summed E-state index contributed by atoms with van der Waals surface area (Å²) in [5.41, 5.74) is 0.694. The zero-order chi connectivity index (χ0) is 16.6. The summed E-state index contributed by atoms with van der Waals surface area (Å²) in [5.74, 6) is -1.39. The summed E-state index contributed by atoms with van der Waals surface area (Å²) >= 11 is 0. The van der Waals surface area contributed by atoms with Gasteiger partial charge < -0.3 is 4.74 Å². The van der Waals surface area contributed by atoms with Gasteiger partial charge in [0.1, 0.15) is 15.9 Å². The van der Waals surface area contributed by atoms with Gasteiger partial charge in [-0.1, -0.05) is 30.3 Å². The molecule has 23 heavy (non-hydrogen) atoms. The lowest BCUT2D eigenvalue weighted by atomic mass is 9.97. The van der Waals surface area contributed by atoms with E-state index in [9.17, 15) is 13.2 Å². The summed E-state index contributed by atoms with van der Waals surface area (Å²) in [5, 5.41) is 0. The maximum absolute atomic E-state index is 12.7. The monoisotopic (exact) mass is 337 g/mol. The Kier molecular flexibility index (Phi) is 4.47. The van der Waals surface area contributed by atoms with Crippen LogP contribution in [0.5, 0.6) is 0 Å². The van der Waals surface area contributed by atoms with E-state index in [0.717, 1.165) is 25.5 Å². The quantitative estimate of drug-likeness (QED) is 0.764. The zero-order valence-corrected chi connectivity index (χ0v) is 14.3. The van der Waals surface area contributed by atoms with E-state index in [4.69, 9.17) is 4.74 Å². The molecule has 4 unspecified atom stereocenters. The minimum Gasteiger partial charge on any atom is -0.460 e. The molecule has 0 amide bonds. The number of hydrogen-bond donors (Lipinski definition) is 0. The lowest BCUT2D eigenvalue weighted by Gasteiger charge is -2.24. The van der Waals surface area contributed by atoms with Crippen molar-refractivity contribution in [3.8, 4) is 0 Å². The Bertz CT molecular complexity index is 673. The molecule has 0 aliphatic carbocycles. The molecule has 0 radical (unpaired) electrons. The molecule has 2 saturated heterocycles. The van der Waals surface area contributed by atoms with Crippen molar-refractivity contribution in [2.24, 2.45) is 0 Å². The fourth-order valence-corrected chi connectivity index (χ4v) is 4.78. The summed E-state index contributed by atoms with van der Waals surface area (Å²) in [7, 11) is -1.21. The zero-order valence-electron chi connectivity index (χ0n) is 13.5. The average molecular weight is 337 g/mol. The third-order valence-electron chi connectivity index (χ3n) is 5.05. The standard InChI is InChI=1S/C17H23NO4S/c1-18-13-8-9-15(18)16(10-13)22-17(19)14(11-23(2,20)21)12-6-4-3-5-7-12/h3-7,13-16H,8-11H2,1-2H3. The van der Waals surface area contributed by atoms with Gasteiger partial charge in [-0.2, -0.15) is 0 Å². The van der Waals surface area contributed by atoms with E-state index < -0.39 is 21.7 Å². The van der Waals surface area contributed by atoms with Crippen LogP contribution in [0.2, 0.25) is 0 Å². The summed E-state index contributed by atoms with van der Waals surface area (Å²) in [6, 6.07) is 9.79. The largest absolute Gasteiger partial charge is 0.460 e. The summed E-state index contributed by atoms with van der Waals surface area (Å²) in [4.78, 5) is 14.9. The van der Waals surface area contributed by atoms with Crippen molar-refractivity contribution in [2.75, 3.05) is 19.1 Å². The second-order valence-corrected chi connectivity index (χ2v) is 8.92. The molecule has 2 heterocycles. The number of ether oxygens (including phenoxy) is 1. The number of esters is 1. The summed E-state index contributed by atoms with van der Waals surface area (Å²) < 4.78 is 29.2. The first-order chi connectivity index (χ1) is 10.8. The highest BCUT2D eigenvalue weighted by Crippen LogP contribution is 2.38.